The number of aromatic nitrogens is 1. The summed E-state index contributed by atoms with van der Waals surface area (Å²) in [5, 5.41) is 2.68. The van der Waals surface area contributed by atoms with Gasteiger partial charge in [-0.15, -0.1) is 12.8 Å². The number of benzene rings is 1. The normalized spacial score (nSPS) is 9.78. The summed E-state index contributed by atoms with van der Waals surface area (Å²) in [4.78, 5) is 4.51. The van der Waals surface area contributed by atoms with E-state index in [0.717, 1.165) is 23.6 Å². The van der Waals surface area contributed by atoms with Crippen LogP contribution >= 0.6 is 11.3 Å². The Kier molecular flexibility index (Phi) is 6.20. The second-order valence-electron chi connectivity index (χ2n) is 3.86. The summed E-state index contributed by atoms with van der Waals surface area (Å²) < 4.78 is 1.20. The molecule has 0 atom stereocenters. The van der Waals surface area contributed by atoms with Crippen LogP contribution in [0.5, 0.6) is 0 Å². The molecule has 0 aliphatic rings. The van der Waals surface area contributed by atoms with E-state index in [4.69, 9.17) is 5.84 Å². The molecule has 0 saturated heterocycles. The molecule has 0 unspecified atom stereocenters. The van der Waals surface area contributed by atoms with Crippen molar-refractivity contribution in [1.82, 2.24) is 4.98 Å². The zero-order valence-electron chi connectivity index (χ0n) is 10.7. The fourth-order valence-corrected chi connectivity index (χ4v) is 2.52. The van der Waals surface area contributed by atoms with Gasteiger partial charge in [-0.25, -0.2) is 10.8 Å². The van der Waals surface area contributed by atoms with Crippen molar-refractivity contribution in [2.75, 3.05) is 11.6 Å². The fraction of sp³-hybridized carbons (Fsp3) is 0.357. The van der Waals surface area contributed by atoms with Gasteiger partial charge in [0.05, 0.1) is 10.2 Å². The van der Waals surface area contributed by atoms with Gasteiger partial charge in [-0.05, 0) is 18.6 Å². The van der Waals surface area contributed by atoms with Crippen LogP contribution in [0.15, 0.2) is 24.3 Å². The highest BCUT2D eigenvalue weighted by Gasteiger charge is 2.07. The smallest absolute Gasteiger partial charge is 0.200 e. The van der Waals surface area contributed by atoms with Crippen LogP contribution in [0.2, 0.25) is 0 Å². The van der Waals surface area contributed by atoms with Crippen LogP contribution in [-0.2, 0) is 0 Å². The van der Waals surface area contributed by atoms with E-state index in [-0.39, 0.29) is 1.43 Å². The molecule has 0 amide bonds. The van der Waals surface area contributed by atoms with E-state index in [0.29, 0.717) is 0 Å². The molecule has 1 heterocycles. The summed E-state index contributed by atoms with van der Waals surface area (Å²) in [6.45, 7) is 3.08. The van der Waals surface area contributed by atoms with E-state index in [1.54, 1.807) is 16.3 Å². The first kappa shape index (κ1) is 14.5. The molecular formula is C14H21N3S. The Hall–Kier alpha value is -1.57. The van der Waals surface area contributed by atoms with Gasteiger partial charge in [-0.3, -0.25) is 5.01 Å². The Morgan fingerprint density at radius 3 is 2.72 bits per heavy atom. The maximum Gasteiger partial charge on any atom is 0.200 e. The summed E-state index contributed by atoms with van der Waals surface area (Å²) >= 11 is 1.65. The highest BCUT2D eigenvalue weighted by Crippen LogP contribution is 2.27. The standard InChI is InChI=1S/C12H17N3S.C2H2.H2/c1-2-3-6-9-15(13)12-14-10-7-4-5-8-11(10)16-12;1-2;/h4-5,7-8H,2-3,6,9,13H2,1H3;1-2H;1H. The first-order valence-electron chi connectivity index (χ1n) is 6.02. The molecule has 2 N–H and O–H groups in total. The summed E-state index contributed by atoms with van der Waals surface area (Å²) in [7, 11) is 0. The fourth-order valence-electron chi connectivity index (χ4n) is 1.61. The van der Waals surface area contributed by atoms with Gasteiger partial charge in [-0.2, -0.15) is 0 Å². The van der Waals surface area contributed by atoms with Crippen molar-refractivity contribution in [3.63, 3.8) is 0 Å². The molecule has 3 nitrogen and oxygen atoms in total. The lowest BCUT2D eigenvalue weighted by Gasteiger charge is -2.14. The van der Waals surface area contributed by atoms with E-state index < -0.39 is 0 Å². The number of hydrazine groups is 1. The summed E-state index contributed by atoms with van der Waals surface area (Å²) in [5.41, 5.74) is 1.04. The Labute approximate surface area is 114 Å². The molecule has 98 valence electrons. The number of thiazole rings is 1. The highest BCUT2D eigenvalue weighted by atomic mass is 32.1. The van der Waals surface area contributed by atoms with Crippen LogP contribution in [0.25, 0.3) is 10.2 Å². The van der Waals surface area contributed by atoms with E-state index in [1.807, 2.05) is 18.2 Å². The molecule has 4 heteroatoms. The lowest BCUT2D eigenvalue weighted by Crippen LogP contribution is -2.31. The maximum atomic E-state index is 5.98. The van der Waals surface area contributed by atoms with Gasteiger partial charge in [-0.1, -0.05) is 43.2 Å². The van der Waals surface area contributed by atoms with Crippen LogP contribution < -0.4 is 10.9 Å². The molecule has 1 aromatic heterocycles. The monoisotopic (exact) mass is 263 g/mol. The number of para-hydroxylation sites is 1. The third-order valence-corrected chi connectivity index (χ3v) is 3.60. The predicted molar refractivity (Wildman–Crippen MR) is 82.7 cm³/mol. The van der Waals surface area contributed by atoms with Crippen LogP contribution in [-0.4, -0.2) is 11.5 Å². The molecule has 0 fully saturated rings. The van der Waals surface area contributed by atoms with Crippen LogP contribution in [0.4, 0.5) is 5.13 Å². The number of unbranched alkanes of at least 4 members (excludes halogenated alkanes) is 2. The number of fused-ring (bicyclic) bond motifs is 1. The van der Waals surface area contributed by atoms with Gasteiger partial charge in [0.25, 0.3) is 0 Å². The number of rotatable bonds is 5. The molecule has 2 aromatic rings. The van der Waals surface area contributed by atoms with Gasteiger partial charge in [0, 0.05) is 7.97 Å². The number of hydrogen-bond acceptors (Lipinski definition) is 4. The molecule has 0 radical (unpaired) electrons. The second kappa shape index (κ2) is 7.70. The predicted octanol–water partition coefficient (Wildman–Crippen LogP) is 3.66. The Morgan fingerprint density at radius 2 is 2.06 bits per heavy atom. The molecule has 0 bridgehead atoms. The average Bonchev–Trinajstić information content (AvgIpc) is 2.85. The van der Waals surface area contributed by atoms with E-state index in [9.17, 15) is 0 Å². The minimum Gasteiger partial charge on any atom is -0.286 e. The Morgan fingerprint density at radius 1 is 1.33 bits per heavy atom. The van der Waals surface area contributed by atoms with Gasteiger partial charge in [0.2, 0.25) is 5.13 Å². The number of nitrogens with zero attached hydrogens (tertiary/aromatic N) is 2. The van der Waals surface area contributed by atoms with Crippen molar-refractivity contribution >= 4 is 26.7 Å². The lowest BCUT2D eigenvalue weighted by atomic mass is 10.2. The summed E-state index contributed by atoms with van der Waals surface area (Å²) in [6.07, 6.45) is 11.6. The number of hydrogen-bond donors (Lipinski definition) is 1. The molecule has 18 heavy (non-hydrogen) atoms. The van der Waals surface area contributed by atoms with Gasteiger partial charge in [0.1, 0.15) is 0 Å². The van der Waals surface area contributed by atoms with E-state index in [2.05, 4.69) is 30.8 Å². The molecule has 1 aromatic carbocycles. The quantitative estimate of drug-likeness (QED) is 0.387. The first-order valence-corrected chi connectivity index (χ1v) is 6.84. The van der Waals surface area contributed by atoms with E-state index >= 15 is 0 Å². The second-order valence-corrected chi connectivity index (χ2v) is 4.87. The van der Waals surface area contributed by atoms with Crippen LogP contribution in [0.1, 0.15) is 27.6 Å². The molecular weight excluding hydrogens is 242 g/mol. The van der Waals surface area contributed by atoms with Crippen LogP contribution in [0, 0.1) is 12.8 Å². The maximum absolute atomic E-state index is 5.98. The summed E-state index contributed by atoms with van der Waals surface area (Å²) in [5.74, 6) is 5.98. The topological polar surface area (TPSA) is 42.1 Å². The lowest BCUT2D eigenvalue weighted by molar-refractivity contribution is 0.687. The van der Waals surface area contributed by atoms with Gasteiger partial charge < -0.3 is 0 Å². The molecule has 0 aliphatic carbocycles. The highest BCUT2D eigenvalue weighted by molar-refractivity contribution is 7.22. The third-order valence-electron chi connectivity index (χ3n) is 2.53. The van der Waals surface area contributed by atoms with Gasteiger partial charge >= 0.3 is 0 Å². The first-order chi connectivity index (χ1) is 8.81. The number of nitrogens with two attached hydrogens (primary N) is 1. The minimum atomic E-state index is 0. The number of anilines is 1. The van der Waals surface area contributed by atoms with Crippen molar-refractivity contribution < 1.29 is 1.43 Å². The van der Waals surface area contributed by atoms with Crippen molar-refractivity contribution in [3.05, 3.63) is 24.3 Å². The SMILES string of the molecule is C#C.CCCCCN(N)c1nc2ccccc2s1.[HH]. The molecule has 0 saturated carbocycles. The Bertz CT molecular complexity index is 462. The number of terminal acetylenes is 1. The zero-order valence-corrected chi connectivity index (χ0v) is 11.5. The molecule has 0 spiro atoms. The third kappa shape index (κ3) is 3.73. The average molecular weight is 263 g/mol. The Balaban J connectivity index is 0.00000103. The van der Waals surface area contributed by atoms with Crippen molar-refractivity contribution in [2.45, 2.75) is 26.2 Å². The van der Waals surface area contributed by atoms with Crippen LogP contribution in [0.3, 0.4) is 0 Å². The van der Waals surface area contributed by atoms with Crippen molar-refractivity contribution in [2.24, 2.45) is 5.84 Å². The molecule has 2 rings (SSSR count). The van der Waals surface area contributed by atoms with E-state index in [1.165, 1.54) is 17.5 Å². The molecule has 0 aliphatic heterocycles. The van der Waals surface area contributed by atoms with Crippen molar-refractivity contribution in [3.8, 4) is 12.8 Å². The summed E-state index contributed by atoms with van der Waals surface area (Å²) in [6, 6.07) is 8.14. The largest absolute Gasteiger partial charge is 0.286 e. The minimum absolute atomic E-state index is 0. The van der Waals surface area contributed by atoms with Gasteiger partial charge in [0.15, 0.2) is 0 Å². The zero-order chi connectivity index (χ0) is 13.4. The van der Waals surface area contributed by atoms with Crippen molar-refractivity contribution in [1.29, 1.82) is 0 Å².